The molecule has 2 atom stereocenters. The Kier molecular flexibility index (Phi) is 6.69. The molecular weight excluding hydrogens is 387 g/mol. The molecule has 0 spiro atoms. The fraction of sp³-hybridized carbons (Fsp3) is 0.619. The van der Waals surface area contributed by atoms with E-state index in [2.05, 4.69) is 20.4 Å². The van der Waals surface area contributed by atoms with E-state index in [0.717, 1.165) is 51.1 Å². The number of benzene rings is 1. The van der Waals surface area contributed by atoms with Crippen LogP contribution in [0.1, 0.15) is 36.7 Å². The first kappa shape index (κ1) is 20.9. The third-order valence-corrected chi connectivity index (χ3v) is 5.94. The van der Waals surface area contributed by atoms with Crippen LogP contribution in [-0.4, -0.2) is 81.3 Å². The molecule has 4 rings (SSSR count). The SMILES string of the molecule is Cc1nnnn1[C@H](Cc1cccc(F)c1)C(=O)N1CCCN(C[C@H]2CCCO2)CC1. The van der Waals surface area contributed by atoms with Crippen LogP contribution in [0.5, 0.6) is 0 Å². The van der Waals surface area contributed by atoms with Gasteiger partial charge in [-0.15, -0.1) is 5.10 Å². The molecule has 1 aromatic heterocycles. The van der Waals surface area contributed by atoms with Gasteiger partial charge >= 0.3 is 0 Å². The van der Waals surface area contributed by atoms with E-state index in [4.69, 9.17) is 4.74 Å². The lowest BCUT2D eigenvalue weighted by Crippen LogP contribution is -2.41. The van der Waals surface area contributed by atoms with Crippen molar-refractivity contribution in [2.24, 2.45) is 0 Å². The fourth-order valence-electron chi connectivity index (χ4n) is 4.35. The number of tetrazole rings is 1. The van der Waals surface area contributed by atoms with Crippen LogP contribution in [0, 0.1) is 12.7 Å². The second-order valence-corrected chi connectivity index (χ2v) is 8.13. The number of nitrogens with zero attached hydrogens (tertiary/aromatic N) is 6. The van der Waals surface area contributed by atoms with Crippen molar-refractivity contribution in [2.75, 3.05) is 39.3 Å². The highest BCUT2D eigenvalue weighted by Gasteiger charge is 2.30. The summed E-state index contributed by atoms with van der Waals surface area (Å²) in [4.78, 5) is 17.8. The molecular formula is C21H29FN6O2. The summed E-state index contributed by atoms with van der Waals surface area (Å²) >= 11 is 0. The molecule has 0 bridgehead atoms. The molecule has 0 saturated carbocycles. The van der Waals surface area contributed by atoms with Gasteiger partial charge in [0.1, 0.15) is 17.7 Å². The smallest absolute Gasteiger partial charge is 0.247 e. The van der Waals surface area contributed by atoms with Crippen molar-refractivity contribution in [3.8, 4) is 0 Å². The Labute approximate surface area is 176 Å². The molecule has 8 nitrogen and oxygen atoms in total. The first-order valence-corrected chi connectivity index (χ1v) is 10.7. The molecule has 0 N–H and O–H groups in total. The molecule has 162 valence electrons. The predicted molar refractivity (Wildman–Crippen MR) is 108 cm³/mol. The Morgan fingerprint density at radius 2 is 2.17 bits per heavy atom. The summed E-state index contributed by atoms with van der Waals surface area (Å²) in [5, 5.41) is 11.7. The first-order chi connectivity index (χ1) is 14.6. The second kappa shape index (κ2) is 9.61. The molecule has 0 unspecified atom stereocenters. The molecule has 9 heteroatoms. The highest BCUT2D eigenvalue weighted by Crippen LogP contribution is 2.20. The van der Waals surface area contributed by atoms with Crippen molar-refractivity contribution < 1.29 is 13.9 Å². The van der Waals surface area contributed by atoms with Crippen LogP contribution in [0.4, 0.5) is 4.39 Å². The minimum atomic E-state index is -0.591. The van der Waals surface area contributed by atoms with E-state index >= 15 is 0 Å². The van der Waals surface area contributed by atoms with E-state index in [1.54, 1.807) is 17.7 Å². The molecule has 0 aliphatic carbocycles. The van der Waals surface area contributed by atoms with Gasteiger partial charge in [0.25, 0.3) is 0 Å². The lowest BCUT2D eigenvalue weighted by atomic mass is 10.0. The average Bonchev–Trinajstić information content (AvgIpc) is 3.33. The zero-order valence-electron chi connectivity index (χ0n) is 17.4. The van der Waals surface area contributed by atoms with Crippen LogP contribution in [0.2, 0.25) is 0 Å². The van der Waals surface area contributed by atoms with Gasteiger partial charge < -0.3 is 9.64 Å². The van der Waals surface area contributed by atoms with Gasteiger partial charge in [-0.1, -0.05) is 12.1 Å². The van der Waals surface area contributed by atoms with E-state index in [0.29, 0.717) is 31.4 Å². The minimum Gasteiger partial charge on any atom is -0.377 e. The van der Waals surface area contributed by atoms with Crippen LogP contribution < -0.4 is 0 Å². The van der Waals surface area contributed by atoms with Crippen molar-refractivity contribution >= 4 is 5.91 Å². The van der Waals surface area contributed by atoms with Gasteiger partial charge in [0.2, 0.25) is 5.91 Å². The summed E-state index contributed by atoms with van der Waals surface area (Å²) in [5.41, 5.74) is 0.748. The third-order valence-electron chi connectivity index (χ3n) is 5.94. The van der Waals surface area contributed by atoms with E-state index in [-0.39, 0.29) is 11.7 Å². The molecule has 30 heavy (non-hydrogen) atoms. The molecule has 0 radical (unpaired) electrons. The predicted octanol–water partition coefficient (Wildman–Crippen LogP) is 1.62. The number of carbonyl (C=O) groups excluding carboxylic acids is 1. The van der Waals surface area contributed by atoms with Crippen LogP contribution in [0.25, 0.3) is 0 Å². The van der Waals surface area contributed by atoms with Gasteiger partial charge in [0.05, 0.1) is 6.10 Å². The van der Waals surface area contributed by atoms with Crippen molar-refractivity contribution in [3.05, 3.63) is 41.5 Å². The lowest BCUT2D eigenvalue weighted by Gasteiger charge is -2.27. The molecule has 1 aromatic carbocycles. The summed E-state index contributed by atoms with van der Waals surface area (Å²) in [7, 11) is 0. The molecule has 3 heterocycles. The monoisotopic (exact) mass is 416 g/mol. The van der Waals surface area contributed by atoms with Gasteiger partial charge in [-0.3, -0.25) is 9.69 Å². The van der Waals surface area contributed by atoms with Gasteiger partial charge in [-0.2, -0.15) is 0 Å². The maximum atomic E-state index is 13.7. The summed E-state index contributed by atoms with van der Waals surface area (Å²) < 4.78 is 21.0. The Balaban J connectivity index is 1.46. The van der Waals surface area contributed by atoms with E-state index in [1.165, 1.54) is 12.1 Å². The van der Waals surface area contributed by atoms with Crippen LogP contribution in [0.3, 0.4) is 0 Å². The third kappa shape index (κ3) is 5.02. The van der Waals surface area contributed by atoms with Crippen LogP contribution >= 0.6 is 0 Å². The van der Waals surface area contributed by atoms with E-state index < -0.39 is 6.04 Å². The van der Waals surface area contributed by atoms with Crippen LogP contribution in [-0.2, 0) is 16.0 Å². The number of hydrogen-bond acceptors (Lipinski definition) is 6. The summed E-state index contributed by atoms with van der Waals surface area (Å²) in [6.45, 7) is 6.71. The normalized spacial score (nSPS) is 21.5. The lowest BCUT2D eigenvalue weighted by molar-refractivity contribution is -0.135. The quantitative estimate of drug-likeness (QED) is 0.712. The maximum Gasteiger partial charge on any atom is 0.247 e. The van der Waals surface area contributed by atoms with E-state index in [1.807, 2.05) is 11.0 Å². The number of amides is 1. The van der Waals surface area contributed by atoms with Crippen molar-refractivity contribution in [2.45, 2.75) is 44.8 Å². The fourth-order valence-corrected chi connectivity index (χ4v) is 4.35. The molecule has 2 aliphatic heterocycles. The Hall–Kier alpha value is -2.39. The molecule has 2 fully saturated rings. The van der Waals surface area contributed by atoms with Gasteiger partial charge in [0, 0.05) is 39.2 Å². The van der Waals surface area contributed by atoms with Gasteiger partial charge in [-0.25, -0.2) is 9.07 Å². The summed E-state index contributed by atoms with van der Waals surface area (Å²) in [6.07, 6.45) is 3.83. The first-order valence-electron chi connectivity index (χ1n) is 10.7. The molecule has 2 saturated heterocycles. The largest absolute Gasteiger partial charge is 0.377 e. The van der Waals surface area contributed by atoms with E-state index in [9.17, 15) is 9.18 Å². The Morgan fingerprint density at radius 3 is 2.90 bits per heavy atom. The Morgan fingerprint density at radius 1 is 1.27 bits per heavy atom. The topological polar surface area (TPSA) is 76.4 Å². The second-order valence-electron chi connectivity index (χ2n) is 8.13. The minimum absolute atomic E-state index is 0.0198. The van der Waals surface area contributed by atoms with Crippen LogP contribution in [0.15, 0.2) is 24.3 Å². The van der Waals surface area contributed by atoms with Crippen molar-refractivity contribution in [1.82, 2.24) is 30.0 Å². The number of aryl methyl sites for hydroxylation is 1. The number of hydrogen-bond donors (Lipinski definition) is 0. The zero-order valence-corrected chi connectivity index (χ0v) is 17.4. The van der Waals surface area contributed by atoms with Crippen molar-refractivity contribution in [3.63, 3.8) is 0 Å². The summed E-state index contributed by atoms with van der Waals surface area (Å²) in [5.74, 6) is 0.236. The molecule has 1 amide bonds. The standard InChI is InChI=1S/C21H29FN6O2/c1-16-23-24-25-28(16)20(14-17-5-2-6-18(22)13-17)21(29)27-9-4-8-26(10-11-27)15-19-7-3-12-30-19/h2,5-6,13,19-20H,3-4,7-12,14-15H2,1H3/t19-,20-/m1/s1. The Bertz CT molecular complexity index is 854. The number of rotatable bonds is 6. The van der Waals surface area contributed by atoms with Gasteiger partial charge in [-0.05, 0) is 60.9 Å². The zero-order chi connectivity index (χ0) is 20.9. The maximum absolute atomic E-state index is 13.7. The van der Waals surface area contributed by atoms with Gasteiger partial charge in [0.15, 0.2) is 0 Å². The number of halogens is 1. The highest BCUT2D eigenvalue weighted by atomic mass is 19.1. The van der Waals surface area contributed by atoms with Crippen molar-refractivity contribution in [1.29, 1.82) is 0 Å². The average molecular weight is 417 g/mol. The molecule has 2 aromatic rings. The molecule has 2 aliphatic rings. The summed E-state index contributed by atoms with van der Waals surface area (Å²) in [6, 6.07) is 5.76. The number of aromatic nitrogens is 4. The number of ether oxygens (including phenoxy) is 1. The highest BCUT2D eigenvalue weighted by molar-refractivity contribution is 5.80. The number of carbonyl (C=O) groups is 1.